The van der Waals surface area contributed by atoms with Crippen LogP contribution in [-0.2, 0) is 13.1 Å². The SMILES string of the molecule is CCCCCCCCCCCCCCCC[N+](CCCl)(Cc1ccccc1)Cc1ccccc1.[Cl-]. The Kier molecular flexibility index (Phi) is 19.3. The molecule has 0 atom stereocenters. The number of quaternary nitrogens is 1. The molecule has 35 heavy (non-hydrogen) atoms. The molecular formula is C32H51Cl2N. The van der Waals surface area contributed by atoms with Crippen molar-refractivity contribution in [3.8, 4) is 0 Å². The number of halogens is 2. The van der Waals surface area contributed by atoms with Crippen LogP contribution in [0, 0.1) is 0 Å². The Bertz CT molecular complexity index is 663. The molecule has 0 radical (unpaired) electrons. The quantitative estimate of drug-likeness (QED) is 0.0952. The molecule has 0 unspecified atom stereocenters. The van der Waals surface area contributed by atoms with Gasteiger partial charge in [0.05, 0.1) is 19.0 Å². The van der Waals surface area contributed by atoms with Crippen LogP contribution >= 0.6 is 11.6 Å². The molecule has 2 aromatic carbocycles. The Morgan fingerprint density at radius 2 is 0.886 bits per heavy atom. The van der Waals surface area contributed by atoms with Crippen LogP contribution in [0.3, 0.4) is 0 Å². The lowest BCUT2D eigenvalue weighted by atomic mass is 10.0. The van der Waals surface area contributed by atoms with Crippen LogP contribution < -0.4 is 12.4 Å². The van der Waals surface area contributed by atoms with Crippen molar-refractivity contribution >= 4 is 11.6 Å². The Morgan fingerprint density at radius 3 is 1.26 bits per heavy atom. The minimum Gasteiger partial charge on any atom is -1.00 e. The summed E-state index contributed by atoms with van der Waals surface area (Å²) in [6.07, 6.45) is 19.8. The topological polar surface area (TPSA) is 0 Å². The average molecular weight is 521 g/mol. The van der Waals surface area contributed by atoms with E-state index in [0.29, 0.717) is 0 Å². The standard InChI is InChI=1S/C32H51ClN.ClH/c1-2-3-4-5-6-7-8-9-10-11-12-13-14-21-27-34(28-26-33,29-31-22-17-15-18-23-31)30-32-24-19-16-20-25-32;/h15-20,22-25H,2-14,21,26-30H2,1H3;1H/q+1;/p-1. The van der Waals surface area contributed by atoms with Crippen molar-refractivity contribution in [1.29, 1.82) is 0 Å². The van der Waals surface area contributed by atoms with Crippen molar-refractivity contribution in [2.24, 2.45) is 0 Å². The van der Waals surface area contributed by atoms with Gasteiger partial charge in [-0.2, -0.15) is 0 Å². The molecule has 1 nitrogen and oxygen atoms in total. The highest BCUT2D eigenvalue weighted by Gasteiger charge is 2.27. The summed E-state index contributed by atoms with van der Waals surface area (Å²) < 4.78 is 1.07. The van der Waals surface area contributed by atoms with E-state index in [2.05, 4.69) is 67.6 Å². The van der Waals surface area contributed by atoms with Crippen molar-refractivity contribution in [1.82, 2.24) is 0 Å². The van der Waals surface area contributed by atoms with Crippen molar-refractivity contribution in [3.05, 3.63) is 71.8 Å². The smallest absolute Gasteiger partial charge is 0.105 e. The number of hydrogen-bond donors (Lipinski definition) is 0. The number of alkyl halides is 1. The molecule has 0 spiro atoms. The van der Waals surface area contributed by atoms with Gasteiger partial charge in [-0.25, -0.2) is 0 Å². The first-order valence-electron chi connectivity index (χ1n) is 14.3. The lowest BCUT2D eigenvalue weighted by Crippen LogP contribution is -3.00. The molecule has 0 aliphatic heterocycles. The number of nitrogens with zero attached hydrogens (tertiary/aromatic N) is 1. The number of hydrogen-bond acceptors (Lipinski definition) is 0. The van der Waals surface area contributed by atoms with Crippen molar-refractivity contribution in [2.75, 3.05) is 19.0 Å². The zero-order valence-corrected chi connectivity index (χ0v) is 23.9. The normalized spacial score (nSPS) is 11.4. The molecule has 2 rings (SSSR count). The molecule has 3 heteroatoms. The van der Waals surface area contributed by atoms with Crippen molar-refractivity contribution < 1.29 is 16.9 Å². The van der Waals surface area contributed by atoms with E-state index >= 15 is 0 Å². The second-order valence-electron chi connectivity index (χ2n) is 10.4. The third-order valence-electron chi connectivity index (χ3n) is 7.27. The summed E-state index contributed by atoms with van der Waals surface area (Å²) in [6, 6.07) is 22.0. The second-order valence-corrected chi connectivity index (χ2v) is 10.7. The van der Waals surface area contributed by atoms with E-state index in [1.165, 1.54) is 108 Å². The van der Waals surface area contributed by atoms with E-state index in [9.17, 15) is 0 Å². The van der Waals surface area contributed by atoms with Crippen LogP contribution in [0.15, 0.2) is 60.7 Å². The van der Waals surface area contributed by atoms with E-state index < -0.39 is 0 Å². The van der Waals surface area contributed by atoms with Gasteiger partial charge in [-0.3, -0.25) is 0 Å². The molecule has 0 amide bonds. The Hall–Kier alpha value is -1.02. The molecule has 2 aromatic rings. The first-order valence-corrected chi connectivity index (χ1v) is 14.8. The zero-order chi connectivity index (χ0) is 24.2. The largest absolute Gasteiger partial charge is 1.00 e. The maximum atomic E-state index is 6.37. The Morgan fingerprint density at radius 1 is 0.514 bits per heavy atom. The van der Waals surface area contributed by atoms with Crippen molar-refractivity contribution in [3.63, 3.8) is 0 Å². The highest BCUT2D eigenvalue weighted by molar-refractivity contribution is 6.17. The molecular weight excluding hydrogens is 469 g/mol. The average Bonchev–Trinajstić information content (AvgIpc) is 2.86. The van der Waals surface area contributed by atoms with E-state index in [1.54, 1.807) is 0 Å². The molecule has 0 aliphatic rings. The van der Waals surface area contributed by atoms with Gasteiger partial charge >= 0.3 is 0 Å². The second kappa shape index (κ2) is 21.1. The minimum absolute atomic E-state index is 0. The molecule has 0 aliphatic carbocycles. The lowest BCUT2D eigenvalue weighted by molar-refractivity contribution is -0.951. The summed E-state index contributed by atoms with van der Waals surface area (Å²) in [7, 11) is 0. The predicted molar refractivity (Wildman–Crippen MR) is 151 cm³/mol. The highest BCUT2D eigenvalue weighted by atomic mass is 35.5. The van der Waals surface area contributed by atoms with Gasteiger partial charge in [-0.15, -0.1) is 11.6 Å². The van der Waals surface area contributed by atoms with Gasteiger partial charge in [0.1, 0.15) is 13.1 Å². The van der Waals surface area contributed by atoms with Crippen LogP contribution in [0.2, 0.25) is 0 Å². The van der Waals surface area contributed by atoms with Gasteiger partial charge in [0.25, 0.3) is 0 Å². The summed E-state index contributed by atoms with van der Waals surface area (Å²) in [6.45, 7) is 6.69. The summed E-state index contributed by atoms with van der Waals surface area (Å²) >= 11 is 6.37. The minimum atomic E-state index is 0. The van der Waals surface area contributed by atoms with Crippen LogP contribution in [0.25, 0.3) is 0 Å². The molecule has 0 N–H and O–H groups in total. The van der Waals surface area contributed by atoms with Gasteiger partial charge in [-0.05, 0) is 12.8 Å². The molecule has 0 saturated carbocycles. The fourth-order valence-electron chi connectivity index (χ4n) is 5.25. The first-order chi connectivity index (χ1) is 16.8. The molecule has 0 saturated heterocycles. The van der Waals surface area contributed by atoms with Gasteiger partial charge in [0, 0.05) is 11.1 Å². The summed E-state index contributed by atoms with van der Waals surface area (Å²) in [5.74, 6) is 0.721. The third kappa shape index (κ3) is 15.0. The predicted octanol–water partition coefficient (Wildman–Crippen LogP) is 6.93. The van der Waals surface area contributed by atoms with Crippen LogP contribution in [0.1, 0.15) is 108 Å². The monoisotopic (exact) mass is 519 g/mol. The number of benzene rings is 2. The summed E-state index contributed by atoms with van der Waals surface area (Å²) in [4.78, 5) is 0. The molecule has 0 heterocycles. The number of unbranched alkanes of at least 4 members (excludes halogenated alkanes) is 13. The van der Waals surface area contributed by atoms with Gasteiger partial charge < -0.3 is 16.9 Å². The maximum absolute atomic E-state index is 6.37. The molecule has 0 bridgehead atoms. The van der Waals surface area contributed by atoms with E-state index in [-0.39, 0.29) is 12.4 Å². The maximum Gasteiger partial charge on any atom is 0.105 e. The van der Waals surface area contributed by atoms with Gasteiger partial charge in [0.15, 0.2) is 0 Å². The lowest BCUT2D eigenvalue weighted by Gasteiger charge is -2.39. The van der Waals surface area contributed by atoms with E-state index in [4.69, 9.17) is 11.6 Å². The molecule has 0 aromatic heterocycles. The zero-order valence-electron chi connectivity index (χ0n) is 22.4. The molecule has 0 fully saturated rings. The van der Waals surface area contributed by atoms with Gasteiger partial charge in [-0.1, -0.05) is 145 Å². The first kappa shape index (κ1) is 32.0. The van der Waals surface area contributed by atoms with E-state index in [1.807, 2.05) is 0 Å². The van der Waals surface area contributed by atoms with Crippen LogP contribution in [0.4, 0.5) is 0 Å². The Labute approximate surface area is 228 Å². The van der Waals surface area contributed by atoms with Gasteiger partial charge in [0.2, 0.25) is 0 Å². The third-order valence-corrected chi connectivity index (χ3v) is 7.44. The summed E-state index contributed by atoms with van der Waals surface area (Å²) in [5, 5.41) is 0. The van der Waals surface area contributed by atoms with Crippen molar-refractivity contribution in [2.45, 2.75) is 110 Å². The van der Waals surface area contributed by atoms with Crippen LogP contribution in [-0.4, -0.2) is 23.5 Å². The highest BCUT2D eigenvalue weighted by Crippen LogP contribution is 2.22. The van der Waals surface area contributed by atoms with Crippen LogP contribution in [0.5, 0.6) is 0 Å². The Balaban J connectivity index is 0.00000612. The number of rotatable bonds is 21. The molecule has 198 valence electrons. The van der Waals surface area contributed by atoms with E-state index in [0.717, 1.165) is 30.0 Å². The summed E-state index contributed by atoms with van der Waals surface area (Å²) in [5.41, 5.74) is 2.85. The fourth-order valence-corrected chi connectivity index (χ4v) is 5.60. The fraction of sp³-hybridized carbons (Fsp3) is 0.625.